The van der Waals surface area contributed by atoms with Gasteiger partial charge in [0.1, 0.15) is 0 Å². The Morgan fingerprint density at radius 3 is 1.69 bits per heavy atom. The highest BCUT2D eigenvalue weighted by molar-refractivity contribution is 4.67. The van der Waals surface area contributed by atoms with Crippen molar-refractivity contribution in [2.45, 2.75) is 59.9 Å². The van der Waals surface area contributed by atoms with E-state index in [-0.39, 0.29) is 0 Å². The van der Waals surface area contributed by atoms with E-state index in [9.17, 15) is 0 Å². The van der Waals surface area contributed by atoms with Gasteiger partial charge in [-0.1, -0.05) is 27.7 Å². The molecule has 0 fully saturated rings. The Labute approximate surface area is 84.5 Å². The predicted molar refractivity (Wildman–Crippen MR) is 61.1 cm³/mol. The van der Waals surface area contributed by atoms with Gasteiger partial charge in [-0.3, -0.25) is 0 Å². The SMILES string of the molecule is CCCN(CCC)[C@@H](C)CC(C)C. The molecule has 80 valence electrons. The number of hydrogen-bond donors (Lipinski definition) is 0. The molecule has 0 heterocycles. The van der Waals surface area contributed by atoms with E-state index in [4.69, 9.17) is 0 Å². The van der Waals surface area contributed by atoms with Gasteiger partial charge in [-0.05, 0) is 45.2 Å². The Hall–Kier alpha value is -0.0400. The Kier molecular flexibility index (Phi) is 7.35. The first kappa shape index (κ1) is 13.0. The van der Waals surface area contributed by atoms with Crippen LogP contribution >= 0.6 is 0 Å². The fourth-order valence-electron chi connectivity index (χ4n) is 1.96. The van der Waals surface area contributed by atoms with Crippen molar-refractivity contribution in [3.8, 4) is 0 Å². The van der Waals surface area contributed by atoms with Crippen LogP contribution in [0.1, 0.15) is 53.9 Å². The molecule has 0 rings (SSSR count). The maximum atomic E-state index is 2.62. The lowest BCUT2D eigenvalue weighted by atomic mass is 10.0. The zero-order valence-corrected chi connectivity index (χ0v) is 10.1. The summed E-state index contributed by atoms with van der Waals surface area (Å²) in [5.41, 5.74) is 0. The van der Waals surface area contributed by atoms with Crippen LogP contribution in [0.5, 0.6) is 0 Å². The first-order valence-electron chi connectivity index (χ1n) is 5.85. The number of nitrogens with zero attached hydrogens (tertiary/aromatic N) is 1. The maximum absolute atomic E-state index is 2.62. The summed E-state index contributed by atoms with van der Waals surface area (Å²) in [5, 5.41) is 0. The van der Waals surface area contributed by atoms with Gasteiger partial charge in [0, 0.05) is 6.04 Å². The molecule has 0 aliphatic carbocycles. The van der Waals surface area contributed by atoms with E-state index in [2.05, 4.69) is 39.5 Å². The molecule has 1 atom stereocenters. The third kappa shape index (κ3) is 6.09. The molecule has 0 aliphatic heterocycles. The van der Waals surface area contributed by atoms with Crippen LogP contribution in [-0.2, 0) is 0 Å². The Balaban J connectivity index is 3.86. The van der Waals surface area contributed by atoms with E-state index in [1.165, 1.54) is 32.4 Å². The predicted octanol–water partition coefficient (Wildman–Crippen LogP) is 3.54. The second-order valence-corrected chi connectivity index (χ2v) is 4.51. The molecule has 1 nitrogen and oxygen atoms in total. The van der Waals surface area contributed by atoms with Gasteiger partial charge in [0.05, 0.1) is 0 Å². The Morgan fingerprint density at radius 1 is 0.923 bits per heavy atom. The summed E-state index contributed by atoms with van der Waals surface area (Å²) in [4.78, 5) is 2.62. The summed E-state index contributed by atoms with van der Waals surface area (Å²) in [7, 11) is 0. The summed E-state index contributed by atoms with van der Waals surface area (Å²) in [6.45, 7) is 14.1. The third-order valence-electron chi connectivity index (χ3n) is 2.46. The first-order valence-corrected chi connectivity index (χ1v) is 5.85. The number of rotatable bonds is 7. The molecule has 1 heteroatoms. The van der Waals surface area contributed by atoms with Gasteiger partial charge in [0.2, 0.25) is 0 Å². The van der Waals surface area contributed by atoms with Crippen molar-refractivity contribution in [1.29, 1.82) is 0 Å². The highest BCUT2D eigenvalue weighted by Crippen LogP contribution is 2.11. The minimum atomic E-state index is 0.764. The topological polar surface area (TPSA) is 3.24 Å². The lowest BCUT2D eigenvalue weighted by Crippen LogP contribution is -2.35. The summed E-state index contributed by atoms with van der Waals surface area (Å²) in [6.07, 6.45) is 3.89. The molecule has 0 spiro atoms. The molecule has 0 aromatic rings. The van der Waals surface area contributed by atoms with Gasteiger partial charge < -0.3 is 4.90 Å². The van der Waals surface area contributed by atoms with Crippen molar-refractivity contribution in [3.05, 3.63) is 0 Å². The molecular formula is C12H27N. The third-order valence-corrected chi connectivity index (χ3v) is 2.46. The van der Waals surface area contributed by atoms with E-state index in [1.54, 1.807) is 0 Å². The van der Waals surface area contributed by atoms with Gasteiger partial charge in [-0.15, -0.1) is 0 Å². The highest BCUT2D eigenvalue weighted by Gasteiger charge is 2.12. The van der Waals surface area contributed by atoms with E-state index in [0.717, 1.165) is 12.0 Å². The molecule has 0 radical (unpaired) electrons. The summed E-state index contributed by atoms with van der Waals surface area (Å²) in [6, 6.07) is 0.764. The standard InChI is InChI=1S/C12H27N/c1-6-8-13(9-7-2)12(5)10-11(3)4/h11-12H,6-10H2,1-5H3/t12-/m0/s1. The maximum Gasteiger partial charge on any atom is 0.00693 e. The van der Waals surface area contributed by atoms with Gasteiger partial charge in [0.25, 0.3) is 0 Å². The van der Waals surface area contributed by atoms with Crippen LogP contribution in [0.2, 0.25) is 0 Å². The van der Waals surface area contributed by atoms with Crippen molar-refractivity contribution in [3.63, 3.8) is 0 Å². The smallest absolute Gasteiger partial charge is 0.00693 e. The van der Waals surface area contributed by atoms with Crippen LogP contribution in [0.3, 0.4) is 0 Å². The molecule has 0 bridgehead atoms. The highest BCUT2D eigenvalue weighted by atomic mass is 15.1. The second kappa shape index (κ2) is 7.37. The van der Waals surface area contributed by atoms with Crippen LogP contribution < -0.4 is 0 Å². The lowest BCUT2D eigenvalue weighted by Gasteiger charge is -2.29. The average Bonchev–Trinajstić information content (AvgIpc) is 2.02. The fourth-order valence-corrected chi connectivity index (χ4v) is 1.96. The molecule has 0 aromatic carbocycles. The zero-order chi connectivity index (χ0) is 10.3. The van der Waals surface area contributed by atoms with Crippen molar-refractivity contribution >= 4 is 0 Å². The first-order chi connectivity index (χ1) is 6.11. The van der Waals surface area contributed by atoms with Crippen LogP contribution in [0.25, 0.3) is 0 Å². The van der Waals surface area contributed by atoms with Crippen molar-refractivity contribution in [2.75, 3.05) is 13.1 Å². The van der Waals surface area contributed by atoms with Gasteiger partial charge in [-0.2, -0.15) is 0 Å². The lowest BCUT2D eigenvalue weighted by molar-refractivity contribution is 0.186. The fraction of sp³-hybridized carbons (Fsp3) is 1.00. The summed E-state index contributed by atoms with van der Waals surface area (Å²) >= 11 is 0. The normalized spacial score (nSPS) is 14.1. The van der Waals surface area contributed by atoms with E-state index >= 15 is 0 Å². The molecule has 0 aliphatic rings. The molecule has 13 heavy (non-hydrogen) atoms. The average molecular weight is 185 g/mol. The Bertz CT molecular complexity index is 104. The largest absolute Gasteiger partial charge is 0.301 e. The van der Waals surface area contributed by atoms with E-state index in [1.807, 2.05) is 0 Å². The quantitative estimate of drug-likeness (QED) is 0.586. The minimum absolute atomic E-state index is 0.764. The van der Waals surface area contributed by atoms with Crippen LogP contribution in [0.15, 0.2) is 0 Å². The summed E-state index contributed by atoms with van der Waals surface area (Å²) < 4.78 is 0. The molecule has 0 unspecified atom stereocenters. The monoisotopic (exact) mass is 185 g/mol. The zero-order valence-electron chi connectivity index (χ0n) is 10.1. The molecule has 0 aromatic heterocycles. The van der Waals surface area contributed by atoms with Gasteiger partial charge in [0.15, 0.2) is 0 Å². The van der Waals surface area contributed by atoms with Crippen LogP contribution in [0.4, 0.5) is 0 Å². The van der Waals surface area contributed by atoms with Gasteiger partial charge >= 0.3 is 0 Å². The Morgan fingerprint density at radius 2 is 1.38 bits per heavy atom. The number of hydrogen-bond acceptors (Lipinski definition) is 1. The molecule has 0 saturated carbocycles. The molecule has 0 saturated heterocycles. The molecule has 0 N–H and O–H groups in total. The van der Waals surface area contributed by atoms with E-state index < -0.39 is 0 Å². The summed E-state index contributed by atoms with van der Waals surface area (Å²) in [5.74, 6) is 0.825. The van der Waals surface area contributed by atoms with Crippen molar-refractivity contribution in [2.24, 2.45) is 5.92 Å². The van der Waals surface area contributed by atoms with Crippen LogP contribution in [-0.4, -0.2) is 24.0 Å². The molecular weight excluding hydrogens is 158 g/mol. The molecule has 0 amide bonds. The van der Waals surface area contributed by atoms with Crippen LogP contribution in [0, 0.1) is 5.92 Å². The second-order valence-electron chi connectivity index (χ2n) is 4.51. The van der Waals surface area contributed by atoms with Gasteiger partial charge in [-0.25, -0.2) is 0 Å². The minimum Gasteiger partial charge on any atom is -0.301 e. The van der Waals surface area contributed by atoms with Crippen molar-refractivity contribution < 1.29 is 0 Å². The van der Waals surface area contributed by atoms with Crippen molar-refractivity contribution in [1.82, 2.24) is 4.90 Å². The van der Waals surface area contributed by atoms with E-state index in [0.29, 0.717) is 0 Å².